The first-order valence-corrected chi connectivity index (χ1v) is 6.01. The summed E-state index contributed by atoms with van der Waals surface area (Å²) in [7, 11) is 0. The van der Waals surface area contributed by atoms with Gasteiger partial charge in [0.05, 0.1) is 12.7 Å². The Labute approximate surface area is 114 Å². The second kappa shape index (κ2) is 6.62. The lowest BCUT2D eigenvalue weighted by Crippen LogP contribution is -2.20. The van der Waals surface area contributed by atoms with Crippen LogP contribution < -0.4 is 11.1 Å². The van der Waals surface area contributed by atoms with Gasteiger partial charge < -0.3 is 16.3 Å². The molecule has 7 nitrogen and oxygen atoms in total. The molecule has 0 saturated heterocycles. The van der Waals surface area contributed by atoms with Gasteiger partial charge in [-0.15, -0.1) is 5.10 Å². The Hall–Kier alpha value is -2.48. The highest BCUT2D eigenvalue weighted by atomic mass is 19.1. The summed E-state index contributed by atoms with van der Waals surface area (Å²) < 4.78 is 15.1. The Morgan fingerprint density at radius 3 is 3.00 bits per heavy atom. The Bertz CT molecular complexity index is 584. The van der Waals surface area contributed by atoms with Crippen molar-refractivity contribution in [2.45, 2.75) is 13.1 Å². The van der Waals surface area contributed by atoms with E-state index >= 15 is 0 Å². The van der Waals surface area contributed by atoms with E-state index in [1.165, 1.54) is 12.1 Å². The fourth-order valence-electron chi connectivity index (χ4n) is 1.74. The highest BCUT2D eigenvalue weighted by molar-refractivity contribution is 5.97. The number of amidine groups is 1. The van der Waals surface area contributed by atoms with E-state index in [1.807, 2.05) is 0 Å². The fraction of sp³-hybridized carbons (Fsp3) is 0.250. The molecule has 0 bridgehead atoms. The molecule has 0 aliphatic heterocycles. The van der Waals surface area contributed by atoms with Gasteiger partial charge in [-0.2, -0.15) is 0 Å². The first-order chi connectivity index (χ1) is 9.69. The molecule has 1 heterocycles. The molecule has 4 N–H and O–H groups in total. The number of hydrogen-bond donors (Lipinski definition) is 3. The first-order valence-electron chi connectivity index (χ1n) is 6.01. The number of halogens is 1. The fourth-order valence-corrected chi connectivity index (χ4v) is 1.74. The third-order valence-electron chi connectivity index (χ3n) is 2.68. The Kier molecular flexibility index (Phi) is 4.61. The van der Waals surface area contributed by atoms with E-state index in [4.69, 9.17) is 10.9 Å². The molecule has 20 heavy (non-hydrogen) atoms. The second-order valence-electron chi connectivity index (χ2n) is 4.18. The van der Waals surface area contributed by atoms with Gasteiger partial charge in [0.1, 0.15) is 5.82 Å². The van der Waals surface area contributed by atoms with Crippen LogP contribution in [-0.2, 0) is 13.1 Å². The van der Waals surface area contributed by atoms with Crippen molar-refractivity contribution >= 4 is 5.84 Å². The maximum absolute atomic E-state index is 13.4. The molecule has 0 radical (unpaired) electrons. The molecule has 0 saturated carbocycles. The zero-order valence-electron chi connectivity index (χ0n) is 10.7. The molecular weight excluding hydrogens is 263 g/mol. The van der Waals surface area contributed by atoms with Gasteiger partial charge in [-0.05, 0) is 23.8 Å². The lowest BCUT2D eigenvalue weighted by molar-refractivity contribution is 0.318. The Morgan fingerprint density at radius 2 is 2.30 bits per heavy atom. The molecule has 8 heteroatoms. The predicted octanol–water partition coefficient (Wildman–Crippen LogP) is 0.301. The molecule has 1 aromatic carbocycles. The molecule has 1 aromatic heterocycles. The minimum atomic E-state index is -0.429. The second-order valence-corrected chi connectivity index (χ2v) is 4.18. The van der Waals surface area contributed by atoms with Crippen molar-refractivity contribution in [2.24, 2.45) is 10.9 Å². The summed E-state index contributed by atoms with van der Waals surface area (Å²) in [6.45, 7) is 1.80. The monoisotopic (exact) mass is 278 g/mol. The average molecular weight is 278 g/mol. The standard InChI is InChI=1S/C12H15FN6O/c13-11-6-9(5-10(7-11)12(14)17-20)8-15-1-3-19-4-2-16-18-19/h2,4-7,15,20H,1,3,8H2,(H2,14,17). The molecular formula is C12H15FN6O. The van der Waals surface area contributed by atoms with Crippen LogP contribution in [0.1, 0.15) is 11.1 Å². The normalized spacial score (nSPS) is 11.8. The van der Waals surface area contributed by atoms with E-state index in [9.17, 15) is 4.39 Å². The Balaban J connectivity index is 1.90. The van der Waals surface area contributed by atoms with Crippen LogP contribution in [0.4, 0.5) is 4.39 Å². The largest absolute Gasteiger partial charge is 0.409 e. The van der Waals surface area contributed by atoms with E-state index < -0.39 is 5.82 Å². The van der Waals surface area contributed by atoms with Crippen molar-refractivity contribution in [1.29, 1.82) is 0 Å². The van der Waals surface area contributed by atoms with Crippen molar-refractivity contribution in [1.82, 2.24) is 20.3 Å². The molecule has 0 atom stereocenters. The minimum Gasteiger partial charge on any atom is -0.409 e. The molecule has 0 unspecified atom stereocenters. The van der Waals surface area contributed by atoms with Gasteiger partial charge in [-0.25, -0.2) is 4.39 Å². The summed E-state index contributed by atoms with van der Waals surface area (Å²) in [5, 5.41) is 22.1. The summed E-state index contributed by atoms with van der Waals surface area (Å²) in [4.78, 5) is 0. The van der Waals surface area contributed by atoms with Gasteiger partial charge in [0.15, 0.2) is 5.84 Å². The van der Waals surface area contributed by atoms with Crippen LogP contribution in [0.3, 0.4) is 0 Å². The third-order valence-corrected chi connectivity index (χ3v) is 2.68. The lowest BCUT2D eigenvalue weighted by atomic mass is 10.1. The van der Waals surface area contributed by atoms with E-state index in [-0.39, 0.29) is 5.84 Å². The van der Waals surface area contributed by atoms with E-state index in [0.717, 1.165) is 0 Å². The highest BCUT2D eigenvalue weighted by Crippen LogP contribution is 2.09. The SMILES string of the molecule is N/C(=N/O)c1cc(F)cc(CNCCn2ccnn2)c1. The number of aromatic nitrogens is 3. The number of oxime groups is 1. The summed E-state index contributed by atoms with van der Waals surface area (Å²) in [6.07, 6.45) is 3.37. The first kappa shape index (κ1) is 13.9. The Morgan fingerprint density at radius 1 is 1.45 bits per heavy atom. The molecule has 0 spiro atoms. The zero-order chi connectivity index (χ0) is 14.4. The molecule has 0 aliphatic carbocycles. The van der Waals surface area contributed by atoms with Gasteiger partial charge in [-0.1, -0.05) is 10.4 Å². The molecule has 0 aliphatic rings. The summed E-state index contributed by atoms with van der Waals surface area (Å²) >= 11 is 0. The average Bonchev–Trinajstić information content (AvgIpc) is 2.95. The van der Waals surface area contributed by atoms with Crippen LogP contribution in [0.2, 0.25) is 0 Å². The van der Waals surface area contributed by atoms with Crippen molar-refractivity contribution in [2.75, 3.05) is 6.54 Å². The summed E-state index contributed by atoms with van der Waals surface area (Å²) in [5.41, 5.74) is 6.51. The van der Waals surface area contributed by atoms with E-state index in [2.05, 4.69) is 20.8 Å². The van der Waals surface area contributed by atoms with Crippen molar-refractivity contribution in [3.63, 3.8) is 0 Å². The van der Waals surface area contributed by atoms with Crippen molar-refractivity contribution in [3.8, 4) is 0 Å². The quantitative estimate of drug-likeness (QED) is 0.232. The van der Waals surface area contributed by atoms with Crippen molar-refractivity contribution in [3.05, 3.63) is 47.5 Å². The summed E-state index contributed by atoms with van der Waals surface area (Å²) in [6, 6.07) is 4.28. The van der Waals surface area contributed by atoms with Crippen LogP contribution >= 0.6 is 0 Å². The van der Waals surface area contributed by atoms with Gasteiger partial charge in [0.2, 0.25) is 0 Å². The maximum Gasteiger partial charge on any atom is 0.170 e. The smallest absolute Gasteiger partial charge is 0.170 e. The van der Waals surface area contributed by atoms with E-state index in [0.29, 0.717) is 30.8 Å². The molecule has 2 rings (SSSR count). The van der Waals surface area contributed by atoms with Crippen molar-refractivity contribution < 1.29 is 9.60 Å². The molecule has 0 fully saturated rings. The summed E-state index contributed by atoms with van der Waals surface area (Å²) in [5.74, 6) is -0.546. The number of nitrogens with one attached hydrogen (secondary N) is 1. The number of hydrogen-bond acceptors (Lipinski definition) is 5. The van der Waals surface area contributed by atoms with Crippen LogP contribution in [0.25, 0.3) is 0 Å². The van der Waals surface area contributed by atoms with Crippen LogP contribution in [0.5, 0.6) is 0 Å². The maximum atomic E-state index is 13.4. The molecule has 0 amide bonds. The van der Waals surface area contributed by atoms with Gasteiger partial charge >= 0.3 is 0 Å². The zero-order valence-corrected chi connectivity index (χ0v) is 10.7. The minimum absolute atomic E-state index is 0.117. The number of benzene rings is 1. The number of rotatable bonds is 6. The number of nitrogens with two attached hydrogens (primary N) is 1. The lowest BCUT2D eigenvalue weighted by Gasteiger charge is -2.07. The van der Waals surface area contributed by atoms with Crippen LogP contribution in [0, 0.1) is 5.82 Å². The molecule has 106 valence electrons. The molecule has 2 aromatic rings. The van der Waals surface area contributed by atoms with Crippen LogP contribution in [0.15, 0.2) is 35.7 Å². The van der Waals surface area contributed by atoms with Crippen LogP contribution in [-0.4, -0.2) is 32.6 Å². The topological polar surface area (TPSA) is 101 Å². The van der Waals surface area contributed by atoms with Gasteiger partial charge in [0.25, 0.3) is 0 Å². The van der Waals surface area contributed by atoms with Gasteiger partial charge in [0, 0.05) is 24.8 Å². The highest BCUT2D eigenvalue weighted by Gasteiger charge is 2.04. The van der Waals surface area contributed by atoms with Gasteiger partial charge in [-0.3, -0.25) is 4.68 Å². The third kappa shape index (κ3) is 3.75. The number of nitrogens with zero attached hydrogens (tertiary/aromatic N) is 4. The predicted molar refractivity (Wildman–Crippen MR) is 70.6 cm³/mol. The van der Waals surface area contributed by atoms with E-state index in [1.54, 1.807) is 23.1 Å².